The van der Waals surface area contributed by atoms with Crippen molar-refractivity contribution < 1.29 is 28.6 Å². The van der Waals surface area contributed by atoms with E-state index in [2.05, 4.69) is 85.4 Å². The van der Waals surface area contributed by atoms with E-state index >= 15 is 4.39 Å². The maximum absolute atomic E-state index is 15.1. The summed E-state index contributed by atoms with van der Waals surface area (Å²) < 4.78 is 35.7. The maximum Gasteiger partial charge on any atom is 0.341 e. The molecule has 8 aromatic rings. The van der Waals surface area contributed by atoms with Crippen LogP contribution in [0.3, 0.4) is 0 Å². The lowest BCUT2D eigenvalue weighted by molar-refractivity contribution is 0.0684. The van der Waals surface area contributed by atoms with Crippen molar-refractivity contribution in [2.75, 3.05) is 62.2 Å². The SMILES string of the molecule is BrCc1cccc2ccsc12.CCn1cc(C(=O)O)c(=O)c2cc(F)c(N3CCN(Cc4cccc5ccsc45)CC3)cc21.CCn1cc(C(=O)O)c(=O)c2cc(F)c(N3CCNCC3)cc21. The summed E-state index contributed by atoms with van der Waals surface area (Å²) in [6.07, 6.45) is 2.67. The topological polar surface area (TPSA) is 140 Å². The van der Waals surface area contributed by atoms with Gasteiger partial charge in [-0.1, -0.05) is 52.3 Å². The van der Waals surface area contributed by atoms with Gasteiger partial charge in [0.15, 0.2) is 0 Å². The zero-order valence-corrected chi connectivity index (χ0v) is 40.2. The van der Waals surface area contributed by atoms with Gasteiger partial charge in [0.1, 0.15) is 22.8 Å². The number of hydrogen-bond donors (Lipinski definition) is 3. The minimum absolute atomic E-state index is 0.0979. The van der Waals surface area contributed by atoms with Crippen LogP contribution in [0, 0.1) is 11.6 Å². The van der Waals surface area contributed by atoms with Gasteiger partial charge in [0, 0.05) is 110 Å². The number of hydrogen-bond acceptors (Lipinski definition) is 10. The maximum atomic E-state index is 15.1. The van der Waals surface area contributed by atoms with Crippen LogP contribution in [-0.4, -0.2) is 88.5 Å². The number of nitrogens with zero attached hydrogens (tertiary/aromatic N) is 5. The molecule has 0 radical (unpaired) electrons. The Hall–Kier alpha value is -5.98. The molecule has 0 saturated carbocycles. The monoisotopic (exact) mass is 1010 g/mol. The third kappa shape index (κ3) is 10.0. The van der Waals surface area contributed by atoms with E-state index in [9.17, 15) is 28.7 Å². The number of anilines is 2. The molecule has 4 aromatic carbocycles. The van der Waals surface area contributed by atoms with Gasteiger partial charge in [-0.05, 0) is 82.9 Å². The average molecular weight is 1010 g/mol. The highest BCUT2D eigenvalue weighted by Gasteiger charge is 2.24. The number of benzene rings is 4. The van der Waals surface area contributed by atoms with Crippen LogP contribution in [0.1, 0.15) is 45.7 Å². The minimum Gasteiger partial charge on any atom is -0.477 e. The number of carbonyl (C=O) groups is 2. The molecule has 0 atom stereocenters. The average Bonchev–Trinajstić information content (AvgIpc) is 4.04. The lowest BCUT2D eigenvalue weighted by atomic mass is 10.1. The fraction of sp³-hybridized carbons (Fsp3) is 0.280. The van der Waals surface area contributed by atoms with Crippen LogP contribution in [0.25, 0.3) is 42.0 Å². The number of halogens is 3. The normalized spacial score (nSPS) is 14.3. The summed E-state index contributed by atoms with van der Waals surface area (Å²) in [5, 5.41) is 29.7. The second kappa shape index (κ2) is 20.9. The molecular formula is C50H49BrF2N6O6S2. The molecule has 3 N–H and O–H groups in total. The molecule has 0 unspecified atom stereocenters. The van der Waals surface area contributed by atoms with Gasteiger partial charge < -0.3 is 34.5 Å². The molecule has 2 aliphatic heterocycles. The molecule has 4 aromatic heterocycles. The number of aryl methyl sites for hydroxylation is 2. The van der Waals surface area contributed by atoms with Gasteiger partial charge in [0.25, 0.3) is 0 Å². The third-order valence-corrected chi connectivity index (χ3v) is 14.9. The van der Waals surface area contributed by atoms with E-state index in [0.717, 1.165) is 44.1 Å². The van der Waals surface area contributed by atoms with Crippen molar-refractivity contribution in [2.45, 2.75) is 38.8 Å². The summed E-state index contributed by atoms with van der Waals surface area (Å²) in [7, 11) is 0. The Morgan fingerprint density at radius 2 is 1.12 bits per heavy atom. The summed E-state index contributed by atoms with van der Waals surface area (Å²) in [4.78, 5) is 53.8. The zero-order chi connectivity index (χ0) is 47.4. The van der Waals surface area contributed by atoms with Crippen LogP contribution in [-0.2, 0) is 25.0 Å². The number of carboxylic acids is 2. The Kier molecular flexibility index (Phi) is 14.8. The van der Waals surface area contributed by atoms with Gasteiger partial charge >= 0.3 is 11.9 Å². The number of piperazine rings is 2. The predicted octanol–water partition coefficient (Wildman–Crippen LogP) is 9.46. The highest BCUT2D eigenvalue weighted by atomic mass is 79.9. The van der Waals surface area contributed by atoms with Gasteiger partial charge in [-0.25, -0.2) is 18.4 Å². The smallest absolute Gasteiger partial charge is 0.341 e. The molecule has 2 aliphatic rings. The third-order valence-electron chi connectivity index (χ3n) is 12.3. The summed E-state index contributed by atoms with van der Waals surface area (Å²) in [5.41, 5.74) is 2.72. The van der Waals surface area contributed by atoms with Gasteiger partial charge in [-0.3, -0.25) is 14.5 Å². The van der Waals surface area contributed by atoms with Crippen molar-refractivity contribution in [3.8, 4) is 0 Å². The molecule has 2 saturated heterocycles. The van der Waals surface area contributed by atoms with E-state index in [0.29, 0.717) is 61.7 Å². The molecule has 12 nitrogen and oxygen atoms in total. The second-order valence-electron chi connectivity index (χ2n) is 16.2. The number of pyridine rings is 2. The van der Waals surface area contributed by atoms with Crippen molar-refractivity contribution in [1.29, 1.82) is 0 Å². The van der Waals surface area contributed by atoms with Gasteiger partial charge in [0.05, 0.1) is 22.4 Å². The van der Waals surface area contributed by atoms with Crippen molar-refractivity contribution in [1.82, 2.24) is 19.4 Å². The predicted molar refractivity (Wildman–Crippen MR) is 270 cm³/mol. The molecule has 67 heavy (non-hydrogen) atoms. The molecule has 6 heterocycles. The van der Waals surface area contributed by atoms with Crippen LogP contribution in [0.5, 0.6) is 0 Å². The summed E-state index contributed by atoms with van der Waals surface area (Å²) in [5.74, 6) is -3.60. The molecule has 0 amide bonds. The fourth-order valence-corrected chi connectivity index (χ4v) is 11.2. The van der Waals surface area contributed by atoms with E-state index in [4.69, 9.17) is 5.11 Å². The Morgan fingerprint density at radius 3 is 1.58 bits per heavy atom. The first-order valence-electron chi connectivity index (χ1n) is 22.0. The van der Waals surface area contributed by atoms with Gasteiger partial charge in [-0.15, -0.1) is 22.7 Å². The second-order valence-corrected chi connectivity index (χ2v) is 18.6. The standard InChI is InChI=1S/C25H24FN3O3S.C16H18FN3O3.C9H7BrS/c1-2-28-15-19(25(31)32)23(30)18-12-20(26)22(13-21(18)28)29-9-7-27(8-10-29)14-17-5-3-4-16-6-11-33-24(16)17;1-2-19-9-11(16(22)23)15(21)10-7-12(17)14(8-13(10)19)20-5-3-18-4-6-20;10-6-8-3-1-2-7-4-5-11-9(7)8/h3-6,11-13,15H,2,7-10,14H2,1H3,(H,31,32);7-9,18H,2-6H2,1H3,(H,22,23);1-5H,6H2. The number of thiophene rings is 2. The summed E-state index contributed by atoms with van der Waals surface area (Å²) in [6, 6.07) is 22.8. The quantitative estimate of drug-likeness (QED) is 0.120. The van der Waals surface area contributed by atoms with E-state index in [1.807, 2.05) is 35.0 Å². The number of fused-ring (bicyclic) bond motifs is 4. The molecule has 0 spiro atoms. The van der Waals surface area contributed by atoms with Crippen LogP contribution >= 0.6 is 38.6 Å². The molecule has 0 aliphatic carbocycles. The van der Waals surface area contributed by atoms with E-state index < -0.39 is 34.4 Å². The summed E-state index contributed by atoms with van der Waals surface area (Å²) in [6.45, 7) is 11.4. The number of carboxylic acid groups (broad SMARTS) is 2. The van der Waals surface area contributed by atoms with Crippen LogP contribution in [0.2, 0.25) is 0 Å². The van der Waals surface area contributed by atoms with Gasteiger partial charge in [0.2, 0.25) is 10.9 Å². The molecule has 2 fully saturated rings. The van der Waals surface area contributed by atoms with Gasteiger partial charge in [-0.2, -0.15) is 0 Å². The van der Waals surface area contributed by atoms with Crippen molar-refractivity contribution in [3.05, 3.63) is 150 Å². The van der Waals surface area contributed by atoms with E-state index in [1.54, 1.807) is 32.6 Å². The first kappa shape index (κ1) is 47.5. The highest BCUT2D eigenvalue weighted by molar-refractivity contribution is 9.08. The van der Waals surface area contributed by atoms with Crippen LogP contribution in [0.15, 0.2) is 106 Å². The Labute approximate surface area is 401 Å². The number of nitrogens with one attached hydrogen (secondary N) is 1. The van der Waals surface area contributed by atoms with Crippen LogP contribution in [0.4, 0.5) is 20.2 Å². The lowest BCUT2D eigenvalue weighted by Crippen LogP contribution is -2.46. The Morgan fingerprint density at radius 1 is 0.657 bits per heavy atom. The summed E-state index contributed by atoms with van der Waals surface area (Å²) >= 11 is 7.04. The van der Waals surface area contributed by atoms with Crippen molar-refractivity contribution >= 4 is 104 Å². The number of aromatic carboxylic acids is 2. The molecule has 0 bridgehead atoms. The first-order chi connectivity index (χ1) is 32.4. The number of aromatic nitrogens is 2. The molecule has 348 valence electrons. The van der Waals surface area contributed by atoms with E-state index in [1.165, 1.54) is 49.8 Å². The highest BCUT2D eigenvalue weighted by Crippen LogP contribution is 2.30. The first-order valence-corrected chi connectivity index (χ1v) is 24.9. The minimum atomic E-state index is -1.30. The molecular weight excluding hydrogens is 963 g/mol. The van der Waals surface area contributed by atoms with Crippen LogP contribution < -0.4 is 26.0 Å². The molecule has 17 heteroatoms. The molecule has 10 rings (SSSR count). The van der Waals surface area contributed by atoms with E-state index in [-0.39, 0.29) is 21.9 Å². The number of rotatable bonds is 9. The van der Waals surface area contributed by atoms with Crippen molar-refractivity contribution in [2.24, 2.45) is 0 Å². The Balaban J connectivity index is 0.000000154. The van der Waals surface area contributed by atoms with Crippen molar-refractivity contribution in [3.63, 3.8) is 0 Å². The zero-order valence-electron chi connectivity index (χ0n) is 36.9. The number of alkyl halides is 1. The lowest BCUT2D eigenvalue weighted by Gasteiger charge is -2.36. The fourth-order valence-electron chi connectivity index (χ4n) is 8.74. The largest absolute Gasteiger partial charge is 0.477 e. The Bertz CT molecular complexity index is 3250.